The van der Waals surface area contributed by atoms with Crippen LogP contribution in [0.2, 0.25) is 0 Å². The zero-order chi connectivity index (χ0) is 17.4. The van der Waals surface area contributed by atoms with Crippen molar-refractivity contribution >= 4 is 11.9 Å². The third-order valence-corrected chi connectivity index (χ3v) is 4.32. The number of likely N-dealkylation sites (tertiary alicyclic amines) is 1. The lowest BCUT2D eigenvalue weighted by Gasteiger charge is -2.36. The van der Waals surface area contributed by atoms with E-state index in [1.54, 1.807) is 31.2 Å². The molecule has 1 aliphatic rings. The lowest BCUT2D eigenvalue weighted by Crippen LogP contribution is -2.48. The van der Waals surface area contributed by atoms with Crippen LogP contribution in [-0.2, 0) is 14.3 Å². The van der Waals surface area contributed by atoms with Crippen LogP contribution in [0.15, 0.2) is 30.3 Å². The quantitative estimate of drug-likeness (QED) is 0.718. The Morgan fingerprint density at radius 1 is 1.21 bits per heavy atom. The van der Waals surface area contributed by atoms with Gasteiger partial charge in [0.25, 0.3) is 0 Å². The van der Waals surface area contributed by atoms with Crippen molar-refractivity contribution in [1.82, 2.24) is 4.90 Å². The monoisotopic (exact) mass is 333 g/mol. The standard InChI is InChI=1S/C19H27NO4/c1-3-5-12-20-13-11-17(16(14-20)19(22)23-4-2)24-18(21)15-9-7-6-8-10-15/h6-10,16-17H,3-5,11-14H2,1-2H3. The molecule has 132 valence electrons. The van der Waals surface area contributed by atoms with Crippen molar-refractivity contribution in [3.05, 3.63) is 35.9 Å². The molecule has 1 heterocycles. The third-order valence-electron chi connectivity index (χ3n) is 4.32. The number of nitrogens with zero attached hydrogens (tertiary/aromatic N) is 1. The van der Waals surface area contributed by atoms with E-state index in [1.165, 1.54) is 0 Å². The maximum Gasteiger partial charge on any atom is 0.338 e. The predicted octanol–water partition coefficient (Wildman–Crippen LogP) is 2.90. The number of benzene rings is 1. The Bertz CT molecular complexity index is 531. The summed E-state index contributed by atoms with van der Waals surface area (Å²) < 4.78 is 10.8. The van der Waals surface area contributed by atoms with Gasteiger partial charge in [0.15, 0.2) is 0 Å². The molecule has 2 unspecified atom stereocenters. The molecule has 0 N–H and O–H groups in total. The Hall–Kier alpha value is -1.88. The van der Waals surface area contributed by atoms with E-state index in [9.17, 15) is 9.59 Å². The minimum atomic E-state index is -0.422. The van der Waals surface area contributed by atoms with E-state index in [0.717, 1.165) is 25.9 Å². The van der Waals surface area contributed by atoms with Crippen LogP contribution < -0.4 is 0 Å². The second-order valence-electron chi connectivity index (χ2n) is 6.11. The number of hydrogen-bond acceptors (Lipinski definition) is 5. The van der Waals surface area contributed by atoms with Crippen LogP contribution in [0.25, 0.3) is 0 Å². The molecule has 5 heteroatoms. The van der Waals surface area contributed by atoms with Crippen molar-refractivity contribution in [1.29, 1.82) is 0 Å². The van der Waals surface area contributed by atoms with E-state index < -0.39 is 12.0 Å². The van der Waals surface area contributed by atoms with E-state index in [0.29, 0.717) is 25.1 Å². The highest BCUT2D eigenvalue weighted by atomic mass is 16.6. The van der Waals surface area contributed by atoms with Crippen molar-refractivity contribution in [3.8, 4) is 0 Å². The van der Waals surface area contributed by atoms with Crippen LogP contribution in [0.5, 0.6) is 0 Å². The van der Waals surface area contributed by atoms with E-state index in [2.05, 4.69) is 11.8 Å². The number of rotatable bonds is 7. The number of hydrogen-bond donors (Lipinski definition) is 0. The van der Waals surface area contributed by atoms with Gasteiger partial charge in [-0.3, -0.25) is 4.79 Å². The van der Waals surface area contributed by atoms with Gasteiger partial charge in [-0.15, -0.1) is 0 Å². The minimum Gasteiger partial charge on any atom is -0.466 e. The molecule has 1 aromatic carbocycles. The van der Waals surface area contributed by atoms with Crippen LogP contribution in [0.4, 0.5) is 0 Å². The molecule has 2 atom stereocenters. The lowest BCUT2D eigenvalue weighted by molar-refractivity contribution is -0.155. The van der Waals surface area contributed by atoms with Crippen molar-refractivity contribution in [2.45, 2.75) is 39.2 Å². The van der Waals surface area contributed by atoms with Gasteiger partial charge in [-0.25, -0.2) is 4.79 Å². The fraction of sp³-hybridized carbons (Fsp3) is 0.579. The molecule has 2 rings (SSSR count). The van der Waals surface area contributed by atoms with Crippen molar-refractivity contribution in [2.24, 2.45) is 5.92 Å². The highest BCUT2D eigenvalue weighted by Gasteiger charge is 2.37. The molecular weight excluding hydrogens is 306 g/mol. The fourth-order valence-electron chi connectivity index (χ4n) is 2.98. The molecule has 1 aromatic rings. The largest absolute Gasteiger partial charge is 0.466 e. The highest BCUT2D eigenvalue weighted by Crippen LogP contribution is 2.23. The van der Waals surface area contributed by atoms with Gasteiger partial charge in [0.1, 0.15) is 12.0 Å². The maximum absolute atomic E-state index is 12.3. The maximum atomic E-state index is 12.3. The average molecular weight is 333 g/mol. The first-order chi connectivity index (χ1) is 11.7. The summed E-state index contributed by atoms with van der Waals surface area (Å²) in [7, 11) is 0. The van der Waals surface area contributed by atoms with Gasteiger partial charge >= 0.3 is 11.9 Å². The van der Waals surface area contributed by atoms with Gasteiger partial charge in [-0.05, 0) is 38.4 Å². The normalized spacial score (nSPS) is 21.2. The molecular formula is C19H27NO4. The first kappa shape index (κ1) is 18.5. The van der Waals surface area contributed by atoms with Crippen molar-refractivity contribution in [2.75, 3.05) is 26.2 Å². The van der Waals surface area contributed by atoms with Gasteiger partial charge in [-0.1, -0.05) is 31.5 Å². The van der Waals surface area contributed by atoms with Gasteiger partial charge in [-0.2, -0.15) is 0 Å². The van der Waals surface area contributed by atoms with Gasteiger partial charge in [0, 0.05) is 13.1 Å². The summed E-state index contributed by atoms with van der Waals surface area (Å²) in [4.78, 5) is 26.9. The van der Waals surface area contributed by atoms with Crippen molar-refractivity contribution in [3.63, 3.8) is 0 Å². The SMILES string of the molecule is CCCCN1CCC(OC(=O)c2ccccc2)C(C(=O)OCC)C1. The molecule has 0 aromatic heterocycles. The molecule has 1 aliphatic heterocycles. The molecule has 24 heavy (non-hydrogen) atoms. The van der Waals surface area contributed by atoms with E-state index in [-0.39, 0.29) is 11.9 Å². The highest BCUT2D eigenvalue weighted by molar-refractivity contribution is 5.89. The summed E-state index contributed by atoms with van der Waals surface area (Å²) in [5, 5.41) is 0. The third kappa shape index (κ3) is 5.06. The number of esters is 2. The second kappa shape index (κ2) is 9.42. The average Bonchev–Trinajstić information content (AvgIpc) is 2.61. The Labute approximate surface area is 143 Å². The van der Waals surface area contributed by atoms with Gasteiger partial charge < -0.3 is 14.4 Å². The molecule has 0 amide bonds. The van der Waals surface area contributed by atoms with E-state index in [4.69, 9.17) is 9.47 Å². The molecule has 0 saturated carbocycles. The Morgan fingerprint density at radius 3 is 2.62 bits per heavy atom. The Balaban J connectivity index is 2.03. The van der Waals surface area contributed by atoms with Gasteiger partial charge in [0.2, 0.25) is 0 Å². The number of ether oxygens (including phenoxy) is 2. The Morgan fingerprint density at radius 2 is 1.96 bits per heavy atom. The van der Waals surface area contributed by atoms with Crippen molar-refractivity contribution < 1.29 is 19.1 Å². The second-order valence-corrected chi connectivity index (χ2v) is 6.11. The molecule has 1 fully saturated rings. The number of carbonyl (C=O) groups is 2. The summed E-state index contributed by atoms with van der Waals surface area (Å²) >= 11 is 0. The topological polar surface area (TPSA) is 55.8 Å². The summed E-state index contributed by atoms with van der Waals surface area (Å²) in [5.74, 6) is -1.07. The molecule has 0 aliphatic carbocycles. The summed E-state index contributed by atoms with van der Waals surface area (Å²) in [6, 6.07) is 8.89. The molecule has 1 saturated heterocycles. The number of carbonyl (C=O) groups excluding carboxylic acids is 2. The molecule has 0 bridgehead atoms. The summed E-state index contributed by atoms with van der Waals surface area (Å²) in [5.41, 5.74) is 0.508. The first-order valence-corrected chi connectivity index (χ1v) is 8.80. The van der Waals surface area contributed by atoms with Crippen LogP contribution >= 0.6 is 0 Å². The zero-order valence-electron chi connectivity index (χ0n) is 14.6. The van der Waals surface area contributed by atoms with Crippen LogP contribution in [-0.4, -0.2) is 49.2 Å². The smallest absolute Gasteiger partial charge is 0.338 e. The summed E-state index contributed by atoms with van der Waals surface area (Å²) in [6.07, 6.45) is 2.46. The fourth-order valence-corrected chi connectivity index (χ4v) is 2.98. The van der Waals surface area contributed by atoms with E-state index >= 15 is 0 Å². The number of piperidine rings is 1. The zero-order valence-corrected chi connectivity index (χ0v) is 14.6. The van der Waals surface area contributed by atoms with Crippen LogP contribution in [0, 0.1) is 5.92 Å². The minimum absolute atomic E-state index is 0.274. The van der Waals surface area contributed by atoms with Gasteiger partial charge in [0.05, 0.1) is 12.2 Å². The van der Waals surface area contributed by atoms with E-state index in [1.807, 2.05) is 6.07 Å². The molecule has 0 radical (unpaired) electrons. The van der Waals surface area contributed by atoms with Crippen LogP contribution in [0.3, 0.4) is 0 Å². The molecule has 5 nitrogen and oxygen atoms in total. The first-order valence-electron chi connectivity index (χ1n) is 8.80. The Kier molecular flexibility index (Phi) is 7.25. The lowest BCUT2D eigenvalue weighted by atomic mass is 9.94. The van der Waals surface area contributed by atoms with Crippen LogP contribution in [0.1, 0.15) is 43.5 Å². The number of unbranched alkanes of at least 4 members (excludes halogenated alkanes) is 1. The molecule has 0 spiro atoms. The predicted molar refractivity (Wildman–Crippen MR) is 91.7 cm³/mol. The summed E-state index contributed by atoms with van der Waals surface area (Å²) in [6.45, 7) is 6.67.